The van der Waals surface area contributed by atoms with Gasteiger partial charge in [0, 0.05) is 23.2 Å². The maximum Gasteiger partial charge on any atom is 0.387 e. The van der Waals surface area contributed by atoms with E-state index in [4.69, 9.17) is 0 Å². The van der Waals surface area contributed by atoms with Crippen molar-refractivity contribution in [3.63, 3.8) is 0 Å². The molecule has 0 aliphatic carbocycles. The predicted molar refractivity (Wildman–Crippen MR) is 98.3 cm³/mol. The summed E-state index contributed by atoms with van der Waals surface area (Å²) in [4.78, 5) is 4.27. The lowest BCUT2D eigenvalue weighted by Crippen LogP contribution is -2.27. The number of nitrogens with one attached hydrogen (secondary N) is 1. The monoisotopic (exact) mass is 392 g/mol. The number of fused-ring (bicyclic) bond motifs is 1. The summed E-state index contributed by atoms with van der Waals surface area (Å²) in [7, 11) is -3.95. The molecule has 0 spiro atoms. The fraction of sp³-hybridized carbons (Fsp3) is 0.211. The molecule has 5 nitrogen and oxygen atoms in total. The first-order valence-electron chi connectivity index (χ1n) is 8.19. The van der Waals surface area contributed by atoms with Crippen LogP contribution in [0.3, 0.4) is 0 Å². The number of aryl methyl sites for hydroxylation is 1. The average molecular weight is 392 g/mol. The third-order valence-electron chi connectivity index (χ3n) is 4.03. The highest BCUT2D eigenvalue weighted by Crippen LogP contribution is 2.29. The zero-order chi connectivity index (χ0) is 19.6. The molecule has 27 heavy (non-hydrogen) atoms. The normalized spacial score (nSPS) is 13.1. The molecule has 1 aromatic heterocycles. The highest BCUT2D eigenvalue weighted by atomic mass is 32.2. The van der Waals surface area contributed by atoms with Crippen LogP contribution in [0.5, 0.6) is 5.75 Å². The van der Waals surface area contributed by atoms with Crippen LogP contribution in [-0.2, 0) is 10.0 Å². The molecule has 0 saturated heterocycles. The fourth-order valence-corrected chi connectivity index (χ4v) is 4.26. The van der Waals surface area contributed by atoms with E-state index in [1.54, 1.807) is 37.4 Å². The zero-order valence-electron chi connectivity index (χ0n) is 14.7. The Labute approximate surface area is 156 Å². The second kappa shape index (κ2) is 7.58. The molecule has 3 rings (SSSR count). The third-order valence-corrected chi connectivity index (χ3v) is 5.61. The number of halogens is 2. The van der Waals surface area contributed by atoms with Gasteiger partial charge >= 0.3 is 6.61 Å². The number of benzene rings is 2. The summed E-state index contributed by atoms with van der Waals surface area (Å²) < 4.78 is 58.0. The molecule has 2 aromatic carbocycles. The number of sulfonamides is 1. The van der Waals surface area contributed by atoms with E-state index in [9.17, 15) is 17.2 Å². The molecule has 3 aromatic rings. The van der Waals surface area contributed by atoms with Crippen molar-refractivity contribution in [3.8, 4) is 5.75 Å². The van der Waals surface area contributed by atoms with Crippen molar-refractivity contribution in [2.75, 3.05) is 0 Å². The first-order chi connectivity index (χ1) is 12.8. The molecule has 0 amide bonds. The number of rotatable bonds is 6. The summed E-state index contributed by atoms with van der Waals surface area (Å²) in [6.07, 6.45) is 1.59. The molecule has 0 unspecified atom stereocenters. The van der Waals surface area contributed by atoms with E-state index in [1.165, 1.54) is 18.2 Å². The van der Waals surface area contributed by atoms with Crippen LogP contribution < -0.4 is 9.46 Å². The van der Waals surface area contributed by atoms with Gasteiger partial charge < -0.3 is 4.74 Å². The van der Waals surface area contributed by atoms with Crippen LogP contribution in [0.15, 0.2) is 59.6 Å². The fourth-order valence-electron chi connectivity index (χ4n) is 2.86. The summed E-state index contributed by atoms with van der Waals surface area (Å²) in [5.74, 6) is -0.0747. The average Bonchev–Trinajstić information content (AvgIpc) is 2.60. The molecule has 0 saturated carbocycles. The topological polar surface area (TPSA) is 68.3 Å². The first kappa shape index (κ1) is 19.2. The van der Waals surface area contributed by atoms with Crippen molar-refractivity contribution in [3.05, 3.63) is 65.9 Å². The lowest BCUT2D eigenvalue weighted by molar-refractivity contribution is -0.0506. The number of alkyl halides is 2. The van der Waals surface area contributed by atoms with Gasteiger partial charge in [-0.05, 0) is 37.6 Å². The third kappa shape index (κ3) is 4.23. The Morgan fingerprint density at radius 2 is 1.85 bits per heavy atom. The quantitative estimate of drug-likeness (QED) is 0.683. The minimum absolute atomic E-state index is 0.0270. The van der Waals surface area contributed by atoms with Crippen molar-refractivity contribution in [1.82, 2.24) is 9.71 Å². The Morgan fingerprint density at radius 3 is 2.59 bits per heavy atom. The molecule has 0 aliphatic rings. The van der Waals surface area contributed by atoms with Gasteiger partial charge in [-0.2, -0.15) is 8.78 Å². The zero-order valence-corrected chi connectivity index (χ0v) is 15.5. The Bertz CT molecular complexity index is 1070. The van der Waals surface area contributed by atoms with Crippen LogP contribution >= 0.6 is 0 Å². The number of nitrogens with zero attached hydrogens (tertiary/aromatic N) is 1. The van der Waals surface area contributed by atoms with E-state index < -0.39 is 22.7 Å². The van der Waals surface area contributed by atoms with Crippen molar-refractivity contribution in [2.24, 2.45) is 0 Å². The van der Waals surface area contributed by atoms with Crippen LogP contribution in [0.1, 0.15) is 24.1 Å². The first-order valence-corrected chi connectivity index (χ1v) is 9.67. The van der Waals surface area contributed by atoms with E-state index in [2.05, 4.69) is 14.4 Å². The van der Waals surface area contributed by atoms with Crippen LogP contribution in [-0.4, -0.2) is 20.0 Å². The van der Waals surface area contributed by atoms with E-state index in [-0.39, 0.29) is 10.6 Å². The lowest BCUT2D eigenvalue weighted by Gasteiger charge is -2.18. The highest BCUT2D eigenvalue weighted by Gasteiger charge is 2.23. The number of aromatic nitrogens is 1. The predicted octanol–water partition coefficient (Wildman–Crippen LogP) is 4.18. The molecule has 142 valence electrons. The van der Waals surface area contributed by atoms with Gasteiger partial charge in [-0.3, -0.25) is 4.98 Å². The molecule has 1 heterocycles. The Hall–Kier alpha value is -2.58. The van der Waals surface area contributed by atoms with Gasteiger partial charge in [0.1, 0.15) is 10.6 Å². The molecule has 0 bridgehead atoms. The number of hydrogen-bond donors (Lipinski definition) is 1. The smallest absolute Gasteiger partial charge is 0.387 e. The minimum atomic E-state index is -3.95. The molecular weight excluding hydrogens is 374 g/mol. The lowest BCUT2D eigenvalue weighted by atomic mass is 10.1. The Morgan fingerprint density at radius 1 is 1.11 bits per heavy atom. The van der Waals surface area contributed by atoms with Gasteiger partial charge in [-0.15, -0.1) is 0 Å². The van der Waals surface area contributed by atoms with Gasteiger partial charge in [0.15, 0.2) is 0 Å². The molecule has 1 N–H and O–H groups in total. The SMILES string of the molecule is Cc1cnc2c(S(=O)(=O)N[C@@H](C)c3ccccc3OC(F)F)cccc2c1. The summed E-state index contributed by atoms with van der Waals surface area (Å²) in [6.45, 7) is 0.433. The number of pyridine rings is 1. The van der Waals surface area contributed by atoms with Gasteiger partial charge in [0.25, 0.3) is 0 Å². The number of para-hydroxylation sites is 2. The van der Waals surface area contributed by atoms with Crippen LogP contribution in [0.25, 0.3) is 10.9 Å². The number of hydrogen-bond acceptors (Lipinski definition) is 4. The minimum Gasteiger partial charge on any atom is -0.434 e. The van der Waals surface area contributed by atoms with E-state index in [1.807, 2.05) is 13.0 Å². The number of ether oxygens (including phenoxy) is 1. The standard InChI is InChI=1S/C19H18F2N2O3S/c1-12-10-14-6-5-9-17(18(14)22-11-12)27(24,25)23-13(2)15-7-3-4-8-16(15)26-19(20)21/h3-11,13,19,23H,1-2H3/t13-/m0/s1. The van der Waals surface area contributed by atoms with E-state index >= 15 is 0 Å². The highest BCUT2D eigenvalue weighted by molar-refractivity contribution is 7.89. The largest absolute Gasteiger partial charge is 0.434 e. The maximum absolute atomic E-state index is 12.9. The second-order valence-electron chi connectivity index (χ2n) is 6.10. The molecule has 8 heteroatoms. The molecule has 0 fully saturated rings. The van der Waals surface area contributed by atoms with Crippen LogP contribution in [0.2, 0.25) is 0 Å². The molecule has 1 atom stereocenters. The van der Waals surface area contributed by atoms with Crippen molar-refractivity contribution in [2.45, 2.75) is 31.4 Å². The maximum atomic E-state index is 12.9. The second-order valence-corrected chi connectivity index (χ2v) is 7.78. The van der Waals surface area contributed by atoms with E-state index in [0.717, 1.165) is 5.56 Å². The molecule has 0 radical (unpaired) electrons. The van der Waals surface area contributed by atoms with Crippen molar-refractivity contribution in [1.29, 1.82) is 0 Å². The van der Waals surface area contributed by atoms with Gasteiger partial charge in [0.2, 0.25) is 10.0 Å². The summed E-state index contributed by atoms with van der Waals surface area (Å²) in [5.41, 5.74) is 1.57. The Balaban J connectivity index is 1.96. The van der Waals surface area contributed by atoms with Gasteiger partial charge in [-0.25, -0.2) is 13.1 Å². The molecular formula is C19H18F2N2O3S. The molecule has 0 aliphatic heterocycles. The summed E-state index contributed by atoms with van der Waals surface area (Å²) in [5, 5.41) is 0.701. The Kier molecular flexibility index (Phi) is 5.38. The van der Waals surface area contributed by atoms with Crippen molar-refractivity contribution >= 4 is 20.9 Å². The van der Waals surface area contributed by atoms with Gasteiger partial charge in [-0.1, -0.05) is 30.3 Å². The van der Waals surface area contributed by atoms with E-state index in [0.29, 0.717) is 16.5 Å². The summed E-state index contributed by atoms with van der Waals surface area (Å²) >= 11 is 0. The van der Waals surface area contributed by atoms with Gasteiger partial charge in [0.05, 0.1) is 5.52 Å². The summed E-state index contributed by atoms with van der Waals surface area (Å²) in [6, 6.07) is 12.0. The van der Waals surface area contributed by atoms with Crippen LogP contribution in [0, 0.1) is 6.92 Å². The van der Waals surface area contributed by atoms with Crippen molar-refractivity contribution < 1.29 is 21.9 Å². The van der Waals surface area contributed by atoms with Crippen LogP contribution in [0.4, 0.5) is 8.78 Å².